The lowest BCUT2D eigenvalue weighted by molar-refractivity contribution is -0.138. The van der Waals surface area contributed by atoms with E-state index >= 15 is 0 Å². The van der Waals surface area contributed by atoms with Crippen LogP contribution < -0.4 is 15.8 Å². The molecule has 11 heteroatoms. The normalized spacial score (nSPS) is 13.7. The van der Waals surface area contributed by atoms with Crippen molar-refractivity contribution in [2.75, 3.05) is 11.1 Å². The summed E-state index contributed by atoms with van der Waals surface area (Å²) in [5, 5.41) is 10.2. The summed E-state index contributed by atoms with van der Waals surface area (Å²) in [6, 6.07) is 8.92. The van der Waals surface area contributed by atoms with Crippen molar-refractivity contribution in [2.45, 2.75) is 31.9 Å². The summed E-state index contributed by atoms with van der Waals surface area (Å²) < 4.78 is 62.6. The number of nitrogens with two attached hydrogens (primary N) is 1. The summed E-state index contributed by atoms with van der Waals surface area (Å²) >= 11 is 0. The largest absolute Gasteiger partial charge is 0.456 e. The molecule has 0 aliphatic heterocycles. The van der Waals surface area contributed by atoms with E-state index in [4.69, 9.17) is 10.5 Å². The van der Waals surface area contributed by atoms with Gasteiger partial charge in [-0.05, 0) is 79.3 Å². The van der Waals surface area contributed by atoms with E-state index in [2.05, 4.69) is 15.5 Å². The molecule has 1 aliphatic rings. The van der Waals surface area contributed by atoms with Gasteiger partial charge in [0.2, 0.25) is 5.95 Å². The number of pyridine rings is 1. The van der Waals surface area contributed by atoms with Crippen LogP contribution in [0.3, 0.4) is 0 Å². The average Bonchev–Trinajstić information content (AvgIpc) is 3.58. The third-order valence-electron chi connectivity index (χ3n) is 5.76. The van der Waals surface area contributed by atoms with Crippen LogP contribution in [0, 0.1) is 12.7 Å². The minimum absolute atomic E-state index is 0.0583. The van der Waals surface area contributed by atoms with Gasteiger partial charge in [-0.2, -0.15) is 13.2 Å². The standard InChI is InChI=1S/C24H19F4N5O2/c1-12-8-14(25)4-6-19(12)35-20-10-16(13-2-3-13)18(24(26,27)28)9-17(20)22(34)30-15-5-7-21-31-32-23(29)33(21)11-15/h4-11,13H,2-3H2,1H3,(H2,29,32)(H,30,34). The molecule has 5 rings (SSSR count). The highest BCUT2D eigenvalue weighted by Gasteiger charge is 2.40. The van der Waals surface area contributed by atoms with Gasteiger partial charge >= 0.3 is 6.18 Å². The number of aryl methyl sites for hydroxylation is 1. The third-order valence-corrected chi connectivity index (χ3v) is 5.76. The monoisotopic (exact) mass is 485 g/mol. The van der Waals surface area contributed by atoms with Gasteiger partial charge in [-0.1, -0.05) is 0 Å². The Morgan fingerprint density at radius 2 is 1.89 bits per heavy atom. The molecule has 7 nitrogen and oxygen atoms in total. The third kappa shape index (κ3) is 4.48. The highest BCUT2D eigenvalue weighted by molar-refractivity contribution is 6.06. The van der Waals surface area contributed by atoms with Crippen molar-refractivity contribution < 1.29 is 27.1 Å². The van der Waals surface area contributed by atoms with E-state index in [-0.39, 0.29) is 40.2 Å². The number of carbonyl (C=O) groups is 1. The van der Waals surface area contributed by atoms with Crippen LogP contribution >= 0.6 is 0 Å². The molecule has 2 aromatic carbocycles. The fourth-order valence-corrected chi connectivity index (χ4v) is 3.86. The first-order chi connectivity index (χ1) is 16.6. The van der Waals surface area contributed by atoms with Crippen molar-refractivity contribution >= 4 is 23.2 Å². The number of nitrogen functional groups attached to an aromatic ring is 1. The molecule has 1 amide bonds. The Hall–Kier alpha value is -4.15. The molecule has 35 heavy (non-hydrogen) atoms. The van der Waals surface area contributed by atoms with Crippen LogP contribution in [0.1, 0.15) is 45.8 Å². The van der Waals surface area contributed by atoms with Crippen LogP contribution in [0.25, 0.3) is 5.65 Å². The summed E-state index contributed by atoms with van der Waals surface area (Å²) in [7, 11) is 0. The number of halogens is 4. The molecule has 0 radical (unpaired) electrons. The predicted octanol–water partition coefficient (Wildman–Crippen LogP) is 5.70. The minimum atomic E-state index is -4.66. The van der Waals surface area contributed by atoms with E-state index in [0.29, 0.717) is 24.1 Å². The predicted molar refractivity (Wildman–Crippen MR) is 120 cm³/mol. The summed E-state index contributed by atoms with van der Waals surface area (Å²) in [6.45, 7) is 1.60. The molecule has 0 spiro atoms. The van der Waals surface area contributed by atoms with Crippen LogP contribution in [0.5, 0.6) is 11.5 Å². The average molecular weight is 485 g/mol. The van der Waals surface area contributed by atoms with Gasteiger partial charge in [0.1, 0.15) is 17.3 Å². The SMILES string of the molecule is Cc1cc(F)ccc1Oc1cc(C2CC2)c(C(F)(F)F)cc1C(=O)Nc1ccc2nnc(N)n2c1. The number of ether oxygens (including phenoxy) is 1. The van der Waals surface area contributed by atoms with Crippen molar-refractivity contribution in [1.29, 1.82) is 0 Å². The van der Waals surface area contributed by atoms with Crippen LogP contribution in [0.4, 0.5) is 29.2 Å². The first kappa shape index (κ1) is 22.6. The number of amides is 1. The van der Waals surface area contributed by atoms with E-state index < -0.39 is 23.5 Å². The van der Waals surface area contributed by atoms with Gasteiger partial charge in [0.15, 0.2) is 5.65 Å². The molecule has 0 unspecified atom stereocenters. The molecule has 1 aliphatic carbocycles. The summed E-state index contributed by atoms with van der Waals surface area (Å²) in [6.07, 6.45) is -1.97. The Morgan fingerprint density at radius 3 is 2.57 bits per heavy atom. The molecule has 2 aromatic heterocycles. The zero-order valence-electron chi connectivity index (χ0n) is 18.4. The Balaban J connectivity index is 1.58. The zero-order valence-corrected chi connectivity index (χ0v) is 18.4. The number of nitrogens with zero attached hydrogens (tertiary/aromatic N) is 3. The summed E-state index contributed by atoms with van der Waals surface area (Å²) in [4.78, 5) is 13.2. The number of hydrogen-bond acceptors (Lipinski definition) is 5. The van der Waals surface area contributed by atoms with E-state index in [1.807, 2.05) is 0 Å². The molecule has 180 valence electrons. The number of alkyl halides is 3. The van der Waals surface area contributed by atoms with E-state index in [1.54, 1.807) is 13.0 Å². The smallest absolute Gasteiger partial charge is 0.416 e. The Morgan fingerprint density at radius 1 is 1.11 bits per heavy atom. The number of anilines is 2. The van der Waals surface area contributed by atoms with Crippen LogP contribution in [0.2, 0.25) is 0 Å². The Labute approximate surface area is 196 Å². The molecule has 1 saturated carbocycles. The second-order valence-corrected chi connectivity index (χ2v) is 8.38. The van der Waals surface area contributed by atoms with Crippen molar-refractivity contribution in [3.63, 3.8) is 0 Å². The van der Waals surface area contributed by atoms with Crippen LogP contribution in [0.15, 0.2) is 48.7 Å². The molecule has 3 N–H and O–H groups in total. The summed E-state index contributed by atoms with van der Waals surface area (Å²) in [5.41, 5.74) is 5.74. The number of carbonyl (C=O) groups excluding carboxylic acids is 1. The lowest BCUT2D eigenvalue weighted by Gasteiger charge is -2.19. The minimum Gasteiger partial charge on any atom is -0.456 e. The van der Waals surface area contributed by atoms with Gasteiger partial charge in [0.05, 0.1) is 16.8 Å². The molecule has 1 fully saturated rings. The fourth-order valence-electron chi connectivity index (χ4n) is 3.86. The topological polar surface area (TPSA) is 94.5 Å². The van der Waals surface area contributed by atoms with Gasteiger partial charge in [-0.3, -0.25) is 9.20 Å². The van der Waals surface area contributed by atoms with Crippen LogP contribution in [-0.2, 0) is 6.18 Å². The first-order valence-electron chi connectivity index (χ1n) is 10.7. The van der Waals surface area contributed by atoms with Gasteiger partial charge < -0.3 is 15.8 Å². The number of nitrogens with one attached hydrogen (secondary N) is 1. The van der Waals surface area contributed by atoms with E-state index in [1.165, 1.54) is 40.9 Å². The first-order valence-corrected chi connectivity index (χ1v) is 10.7. The molecule has 0 bridgehead atoms. The Kier molecular flexibility index (Phi) is 5.34. The molecular formula is C24H19F4N5O2. The van der Waals surface area contributed by atoms with Crippen molar-refractivity contribution in [1.82, 2.24) is 14.6 Å². The second-order valence-electron chi connectivity index (χ2n) is 8.38. The maximum atomic E-state index is 13.9. The van der Waals surface area contributed by atoms with Crippen molar-refractivity contribution in [3.05, 3.63) is 76.7 Å². The maximum absolute atomic E-state index is 13.9. The van der Waals surface area contributed by atoms with E-state index in [9.17, 15) is 22.4 Å². The molecule has 0 atom stereocenters. The second kappa shape index (κ2) is 8.26. The highest BCUT2D eigenvalue weighted by Crippen LogP contribution is 2.48. The number of fused-ring (bicyclic) bond motifs is 1. The zero-order chi connectivity index (χ0) is 24.9. The van der Waals surface area contributed by atoms with Gasteiger partial charge in [-0.25, -0.2) is 4.39 Å². The quantitative estimate of drug-likeness (QED) is 0.354. The lowest BCUT2D eigenvalue weighted by Crippen LogP contribution is -2.17. The highest BCUT2D eigenvalue weighted by atomic mass is 19.4. The lowest BCUT2D eigenvalue weighted by atomic mass is 9.98. The Bertz CT molecular complexity index is 1460. The molecule has 4 aromatic rings. The van der Waals surface area contributed by atoms with Gasteiger partial charge in [0, 0.05) is 6.20 Å². The van der Waals surface area contributed by atoms with Gasteiger partial charge in [-0.15, -0.1) is 10.2 Å². The number of benzene rings is 2. The van der Waals surface area contributed by atoms with Crippen LogP contribution in [-0.4, -0.2) is 20.5 Å². The van der Waals surface area contributed by atoms with E-state index in [0.717, 1.165) is 6.07 Å². The number of hydrogen-bond donors (Lipinski definition) is 2. The maximum Gasteiger partial charge on any atom is 0.416 e. The van der Waals surface area contributed by atoms with Gasteiger partial charge in [0.25, 0.3) is 5.91 Å². The fraction of sp³-hybridized carbons (Fsp3) is 0.208. The number of aromatic nitrogens is 3. The van der Waals surface area contributed by atoms with Crippen molar-refractivity contribution in [3.8, 4) is 11.5 Å². The molecule has 2 heterocycles. The van der Waals surface area contributed by atoms with Crippen molar-refractivity contribution in [2.24, 2.45) is 0 Å². The summed E-state index contributed by atoms with van der Waals surface area (Å²) in [5.74, 6) is -1.32. The molecule has 0 saturated heterocycles. The molecular weight excluding hydrogens is 466 g/mol. The number of rotatable bonds is 5.